The van der Waals surface area contributed by atoms with Gasteiger partial charge in [-0.25, -0.2) is 0 Å². The van der Waals surface area contributed by atoms with Crippen LogP contribution in [-0.4, -0.2) is 25.7 Å². The van der Waals surface area contributed by atoms with Crippen LogP contribution in [-0.2, 0) is 0 Å². The summed E-state index contributed by atoms with van der Waals surface area (Å²) in [6.45, 7) is 5.84. The highest BCUT2D eigenvalue weighted by Gasteiger charge is 2.26. The minimum Gasteiger partial charge on any atom is -0.371 e. The van der Waals surface area contributed by atoms with Crippen LogP contribution in [0.4, 0.5) is 5.69 Å². The Hall–Kier alpha value is -1.02. The van der Waals surface area contributed by atoms with Gasteiger partial charge in [0.05, 0.1) is 0 Å². The summed E-state index contributed by atoms with van der Waals surface area (Å²) in [5.41, 5.74) is 2.76. The average molecular weight is 230 g/mol. The fraction of sp³-hybridized carbons (Fsp3) is 0.600. The minimum atomic E-state index is 0.844. The summed E-state index contributed by atoms with van der Waals surface area (Å²) in [5, 5.41) is 3.66. The molecule has 1 aliphatic carbocycles. The van der Waals surface area contributed by atoms with Crippen LogP contribution in [0.5, 0.6) is 0 Å². The Labute approximate surface area is 104 Å². The highest BCUT2D eigenvalue weighted by Crippen LogP contribution is 2.25. The summed E-state index contributed by atoms with van der Waals surface area (Å²) < 4.78 is 0. The normalized spacial score (nSPS) is 24.3. The van der Waals surface area contributed by atoms with E-state index in [0.29, 0.717) is 0 Å². The number of hydrogen-bond donors (Lipinski definition) is 1. The first kappa shape index (κ1) is 11.1. The molecule has 1 N–H and O–H groups in total. The first-order valence-corrected chi connectivity index (χ1v) is 6.86. The number of aryl methyl sites for hydroxylation is 1. The van der Waals surface area contributed by atoms with Crippen LogP contribution in [0.2, 0.25) is 0 Å². The fourth-order valence-electron chi connectivity index (χ4n) is 2.68. The van der Waals surface area contributed by atoms with Gasteiger partial charge >= 0.3 is 0 Å². The number of anilines is 1. The molecule has 1 aromatic rings. The summed E-state index contributed by atoms with van der Waals surface area (Å²) in [6.07, 6.45) is 4.14. The maximum Gasteiger partial charge on any atom is 0.0368 e. The lowest BCUT2D eigenvalue weighted by molar-refractivity contribution is 0.515. The maximum absolute atomic E-state index is 3.66. The smallest absolute Gasteiger partial charge is 0.0368 e. The summed E-state index contributed by atoms with van der Waals surface area (Å²) in [5.74, 6) is 0.844. The average Bonchev–Trinajstić information content (AvgIpc) is 3.04. The number of nitrogens with one attached hydrogen (secondary N) is 1. The molecule has 2 fully saturated rings. The topological polar surface area (TPSA) is 15.3 Å². The molecule has 0 aromatic heterocycles. The Kier molecular flexibility index (Phi) is 3.06. The summed E-state index contributed by atoms with van der Waals surface area (Å²) in [7, 11) is 0. The second-order valence-electron chi connectivity index (χ2n) is 5.62. The Morgan fingerprint density at radius 3 is 2.94 bits per heavy atom. The van der Waals surface area contributed by atoms with Gasteiger partial charge in [-0.05, 0) is 56.3 Å². The van der Waals surface area contributed by atoms with Gasteiger partial charge in [-0.3, -0.25) is 0 Å². The van der Waals surface area contributed by atoms with Crippen LogP contribution >= 0.6 is 0 Å². The van der Waals surface area contributed by atoms with Crippen LogP contribution in [0, 0.1) is 12.8 Å². The second kappa shape index (κ2) is 4.69. The van der Waals surface area contributed by atoms with Crippen molar-refractivity contribution in [3.8, 4) is 0 Å². The highest BCUT2D eigenvalue weighted by molar-refractivity contribution is 5.49. The Bertz CT molecular complexity index is 384. The third-order valence-corrected chi connectivity index (χ3v) is 3.93. The van der Waals surface area contributed by atoms with Gasteiger partial charge in [0, 0.05) is 24.8 Å². The van der Waals surface area contributed by atoms with E-state index in [0.717, 1.165) is 12.0 Å². The molecule has 1 saturated heterocycles. The zero-order valence-corrected chi connectivity index (χ0v) is 10.7. The molecule has 1 saturated carbocycles. The molecule has 0 amide bonds. The van der Waals surface area contributed by atoms with Crippen LogP contribution < -0.4 is 10.2 Å². The predicted octanol–water partition coefficient (Wildman–Crippen LogP) is 2.57. The summed E-state index contributed by atoms with van der Waals surface area (Å²) >= 11 is 0. The van der Waals surface area contributed by atoms with Crippen molar-refractivity contribution < 1.29 is 0 Å². The molecule has 0 radical (unpaired) electrons. The maximum atomic E-state index is 3.66. The van der Waals surface area contributed by atoms with E-state index >= 15 is 0 Å². The van der Waals surface area contributed by atoms with Crippen molar-refractivity contribution in [3.05, 3.63) is 29.8 Å². The quantitative estimate of drug-likeness (QED) is 0.855. The molecule has 2 nitrogen and oxygen atoms in total. The predicted molar refractivity (Wildman–Crippen MR) is 72.5 cm³/mol. The van der Waals surface area contributed by atoms with Crippen molar-refractivity contribution >= 4 is 5.69 Å². The molecule has 3 rings (SSSR count). The van der Waals surface area contributed by atoms with Gasteiger partial charge in [-0.15, -0.1) is 0 Å². The lowest BCUT2D eigenvalue weighted by Gasteiger charge is -2.19. The third-order valence-electron chi connectivity index (χ3n) is 3.93. The Balaban J connectivity index is 1.55. The zero-order chi connectivity index (χ0) is 11.7. The summed E-state index contributed by atoms with van der Waals surface area (Å²) in [6, 6.07) is 9.73. The molecule has 2 aliphatic rings. The van der Waals surface area contributed by atoms with E-state index in [9.17, 15) is 0 Å². The van der Waals surface area contributed by atoms with E-state index in [2.05, 4.69) is 41.4 Å². The Morgan fingerprint density at radius 2 is 2.18 bits per heavy atom. The molecule has 0 spiro atoms. The molecular formula is C15H22N2. The monoisotopic (exact) mass is 230 g/mol. The first-order valence-electron chi connectivity index (χ1n) is 6.86. The molecule has 17 heavy (non-hydrogen) atoms. The summed E-state index contributed by atoms with van der Waals surface area (Å²) in [4.78, 5) is 2.53. The van der Waals surface area contributed by atoms with E-state index in [-0.39, 0.29) is 0 Å². The minimum absolute atomic E-state index is 0.844. The molecule has 92 valence electrons. The lowest BCUT2D eigenvalue weighted by atomic mass is 10.1. The van der Waals surface area contributed by atoms with Gasteiger partial charge in [0.1, 0.15) is 0 Å². The Morgan fingerprint density at radius 1 is 1.29 bits per heavy atom. The number of hydrogen-bond acceptors (Lipinski definition) is 2. The van der Waals surface area contributed by atoms with E-state index in [4.69, 9.17) is 0 Å². The third kappa shape index (κ3) is 2.81. The van der Waals surface area contributed by atoms with Crippen LogP contribution in [0.1, 0.15) is 24.8 Å². The van der Waals surface area contributed by atoms with Crippen LogP contribution in [0.15, 0.2) is 24.3 Å². The molecule has 1 aliphatic heterocycles. The van der Waals surface area contributed by atoms with Crippen molar-refractivity contribution in [2.75, 3.05) is 24.5 Å². The molecule has 1 aromatic carbocycles. The van der Waals surface area contributed by atoms with Crippen LogP contribution in [0.3, 0.4) is 0 Å². The molecule has 1 unspecified atom stereocenters. The van der Waals surface area contributed by atoms with Gasteiger partial charge in [0.15, 0.2) is 0 Å². The molecule has 2 heteroatoms. The molecule has 1 atom stereocenters. The second-order valence-corrected chi connectivity index (χ2v) is 5.62. The SMILES string of the molecule is Cc1cccc(N2CCC(CNC3CC3)C2)c1. The molecule has 0 bridgehead atoms. The van der Waals surface area contributed by atoms with Gasteiger partial charge in [-0.2, -0.15) is 0 Å². The molecular weight excluding hydrogens is 208 g/mol. The van der Waals surface area contributed by atoms with Crippen molar-refractivity contribution in [2.45, 2.75) is 32.2 Å². The van der Waals surface area contributed by atoms with E-state index in [1.807, 2.05) is 0 Å². The zero-order valence-electron chi connectivity index (χ0n) is 10.7. The van der Waals surface area contributed by atoms with Crippen molar-refractivity contribution in [1.29, 1.82) is 0 Å². The fourth-order valence-corrected chi connectivity index (χ4v) is 2.68. The van der Waals surface area contributed by atoms with E-state index < -0.39 is 0 Å². The van der Waals surface area contributed by atoms with Gasteiger partial charge in [0.2, 0.25) is 0 Å². The molecule has 1 heterocycles. The lowest BCUT2D eigenvalue weighted by Crippen LogP contribution is -2.27. The van der Waals surface area contributed by atoms with Crippen molar-refractivity contribution in [3.63, 3.8) is 0 Å². The van der Waals surface area contributed by atoms with Crippen molar-refractivity contribution in [1.82, 2.24) is 5.32 Å². The first-order chi connectivity index (χ1) is 8.31. The number of rotatable bonds is 4. The van der Waals surface area contributed by atoms with E-state index in [1.54, 1.807) is 0 Å². The van der Waals surface area contributed by atoms with Crippen LogP contribution in [0.25, 0.3) is 0 Å². The van der Waals surface area contributed by atoms with Crippen molar-refractivity contribution in [2.24, 2.45) is 5.92 Å². The standard InChI is InChI=1S/C15H22N2/c1-12-3-2-4-15(9-12)17-8-7-13(11-17)10-16-14-5-6-14/h2-4,9,13-14,16H,5-8,10-11H2,1H3. The number of nitrogens with zero attached hydrogens (tertiary/aromatic N) is 1. The number of benzene rings is 1. The highest BCUT2D eigenvalue weighted by atomic mass is 15.2. The van der Waals surface area contributed by atoms with E-state index in [1.165, 1.54) is 50.1 Å². The largest absolute Gasteiger partial charge is 0.371 e. The van der Waals surface area contributed by atoms with Gasteiger partial charge in [0.25, 0.3) is 0 Å². The van der Waals surface area contributed by atoms with Gasteiger partial charge < -0.3 is 10.2 Å². The van der Waals surface area contributed by atoms with Gasteiger partial charge in [-0.1, -0.05) is 12.1 Å².